The number of carbonyl (C=O) groups is 5. The van der Waals surface area contributed by atoms with Crippen LogP contribution in [0.4, 0.5) is 0 Å². The number of hydrogen-bond acceptors (Lipinski definition) is 7. The summed E-state index contributed by atoms with van der Waals surface area (Å²) in [7, 11) is 0. The summed E-state index contributed by atoms with van der Waals surface area (Å²) in [5, 5.41) is 30.8. The van der Waals surface area contributed by atoms with E-state index >= 15 is 0 Å². The predicted octanol–water partition coefficient (Wildman–Crippen LogP) is -2.55. The van der Waals surface area contributed by atoms with Crippen LogP contribution >= 0.6 is 0 Å². The number of aliphatic carboxylic acids is 3. The molecule has 3 unspecified atom stereocenters. The SMILES string of the molecule is NCCCCC(NC(=O)C(CC(=O)O)NC(=O)C(N)CC(=O)O)C(=O)O. The third-order valence-corrected chi connectivity index (χ3v) is 3.30. The van der Waals surface area contributed by atoms with Gasteiger partial charge >= 0.3 is 17.9 Å². The van der Waals surface area contributed by atoms with E-state index in [0.29, 0.717) is 19.4 Å². The number of unbranched alkanes of at least 4 members (excludes halogenated alkanes) is 1. The molecule has 3 atom stereocenters. The van der Waals surface area contributed by atoms with Crippen molar-refractivity contribution < 1.29 is 39.3 Å². The van der Waals surface area contributed by atoms with Crippen LogP contribution in [-0.4, -0.2) is 69.7 Å². The summed E-state index contributed by atoms with van der Waals surface area (Å²) in [4.78, 5) is 56.6. The van der Waals surface area contributed by atoms with Crippen molar-refractivity contribution in [1.82, 2.24) is 10.6 Å². The summed E-state index contributed by atoms with van der Waals surface area (Å²) >= 11 is 0. The molecule has 9 N–H and O–H groups in total. The van der Waals surface area contributed by atoms with E-state index in [9.17, 15) is 24.0 Å². The first-order valence-corrected chi connectivity index (χ1v) is 7.81. The van der Waals surface area contributed by atoms with Crippen molar-refractivity contribution >= 4 is 29.7 Å². The second kappa shape index (κ2) is 11.8. The van der Waals surface area contributed by atoms with E-state index < -0.39 is 60.7 Å². The van der Waals surface area contributed by atoms with E-state index in [4.69, 9.17) is 26.8 Å². The maximum absolute atomic E-state index is 12.2. The summed E-state index contributed by atoms with van der Waals surface area (Å²) in [5.41, 5.74) is 10.7. The predicted molar refractivity (Wildman–Crippen MR) is 86.9 cm³/mol. The molecule has 0 bridgehead atoms. The van der Waals surface area contributed by atoms with E-state index in [-0.39, 0.29) is 6.42 Å². The number of carboxylic acids is 3. The monoisotopic (exact) mass is 376 g/mol. The molecule has 0 rings (SSSR count). The van der Waals surface area contributed by atoms with Crippen molar-refractivity contribution in [3.05, 3.63) is 0 Å². The quantitative estimate of drug-likeness (QED) is 0.167. The van der Waals surface area contributed by atoms with E-state index in [0.717, 1.165) is 0 Å². The lowest BCUT2D eigenvalue weighted by Crippen LogP contribution is -2.55. The average molecular weight is 376 g/mol. The van der Waals surface area contributed by atoms with Gasteiger partial charge in [-0.15, -0.1) is 0 Å². The Bertz CT molecular complexity index is 539. The van der Waals surface area contributed by atoms with Gasteiger partial charge in [0.05, 0.1) is 18.9 Å². The Kier molecular flexibility index (Phi) is 10.5. The fourth-order valence-corrected chi connectivity index (χ4v) is 1.97. The molecule has 0 aliphatic rings. The molecule has 0 spiro atoms. The maximum Gasteiger partial charge on any atom is 0.326 e. The molecule has 0 aliphatic carbocycles. The molecule has 0 aromatic rings. The molecule has 0 aromatic carbocycles. The number of hydrogen-bond donors (Lipinski definition) is 7. The van der Waals surface area contributed by atoms with Gasteiger partial charge in [0.1, 0.15) is 12.1 Å². The van der Waals surface area contributed by atoms with Crippen LogP contribution in [0.1, 0.15) is 32.1 Å². The summed E-state index contributed by atoms with van der Waals surface area (Å²) in [6.07, 6.45) is -0.507. The molecule has 0 radical (unpaired) electrons. The lowest BCUT2D eigenvalue weighted by atomic mass is 10.1. The highest BCUT2D eigenvalue weighted by Crippen LogP contribution is 2.03. The van der Waals surface area contributed by atoms with Gasteiger partial charge in [-0.2, -0.15) is 0 Å². The Morgan fingerprint density at radius 3 is 1.81 bits per heavy atom. The van der Waals surface area contributed by atoms with Crippen molar-refractivity contribution in [2.75, 3.05) is 6.54 Å². The molecule has 12 heteroatoms. The van der Waals surface area contributed by atoms with Gasteiger partial charge in [-0.25, -0.2) is 4.79 Å². The lowest BCUT2D eigenvalue weighted by Gasteiger charge is -2.21. The highest BCUT2D eigenvalue weighted by molar-refractivity contribution is 5.94. The fraction of sp³-hybridized carbons (Fsp3) is 0.643. The third kappa shape index (κ3) is 9.54. The number of amides is 2. The fourth-order valence-electron chi connectivity index (χ4n) is 1.97. The summed E-state index contributed by atoms with van der Waals surface area (Å²) in [5.74, 6) is -6.16. The number of rotatable bonds is 13. The minimum atomic E-state index is -1.60. The smallest absolute Gasteiger partial charge is 0.326 e. The topological polar surface area (TPSA) is 222 Å². The van der Waals surface area contributed by atoms with Gasteiger partial charge in [-0.05, 0) is 25.8 Å². The van der Waals surface area contributed by atoms with Crippen LogP contribution in [0.2, 0.25) is 0 Å². The van der Waals surface area contributed by atoms with Gasteiger partial charge < -0.3 is 37.4 Å². The Morgan fingerprint density at radius 1 is 0.808 bits per heavy atom. The third-order valence-electron chi connectivity index (χ3n) is 3.30. The van der Waals surface area contributed by atoms with Crippen molar-refractivity contribution in [3.63, 3.8) is 0 Å². The summed E-state index contributed by atoms with van der Waals surface area (Å²) in [6, 6.07) is -4.37. The van der Waals surface area contributed by atoms with Crippen LogP contribution in [0.5, 0.6) is 0 Å². The van der Waals surface area contributed by atoms with Gasteiger partial charge in [-0.1, -0.05) is 0 Å². The molecule has 2 amide bonds. The van der Waals surface area contributed by atoms with Gasteiger partial charge in [0.15, 0.2) is 0 Å². The van der Waals surface area contributed by atoms with E-state index in [1.165, 1.54) is 0 Å². The molecule has 0 saturated heterocycles. The second-order valence-corrected chi connectivity index (χ2v) is 5.55. The molecular weight excluding hydrogens is 352 g/mol. The molecule has 26 heavy (non-hydrogen) atoms. The Labute approximate surface area is 148 Å². The van der Waals surface area contributed by atoms with Crippen LogP contribution < -0.4 is 22.1 Å². The Hall–Kier alpha value is -2.73. The van der Waals surface area contributed by atoms with Crippen LogP contribution in [0.3, 0.4) is 0 Å². The number of nitrogens with two attached hydrogens (primary N) is 2. The molecule has 0 saturated carbocycles. The molecule has 0 heterocycles. The molecule has 0 fully saturated rings. The minimum Gasteiger partial charge on any atom is -0.481 e. The normalized spacial score (nSPS) is 13.9. The van der Waals surface area contributed by atoms with Crippen molar-refractivity contribution in [3.8, 4) is 0 Å². The van der Waals surface area contributed by atoms with Gasteiger partial charge in [0, 0.05) is 0 Å². The highest BCUT2D eigenvalue weighted by Gasteiger charge is 2.29. The van der Waals surface area contributed by atoms with Crippen molar-refractivity contribution in [1.29, 1.82) is 0 Å². The van der Waals surface area contributed by atoms with Crippen molar-refractivity contribution in [2.45, 2.75) is 50.2 Å². The standard InChI is InChI=1S/C14H24N4O8/c15-4-2-1-3-8(14(25)26)17-13(24)9(6-11(21)22)18-12(23)7(16)5-10(19)20/h7-9H,1-6,15-16H2,(H,17,24)(H,18,23)(H,19,20)(H,21,22)(H,25,26). The molecule has 148 valence electrons. The largest absolute Gasteiger partial charge is 0.481 e. The molecule has 0 aromatic heterocycles. The van der Waals surface area contributed by atoms with Gasteiger partial charge in [-0.3, -0.25) is 19.2 Å². The number of nitrogens with one attached hydrogen (secondary N) is 2. The highest BCUT2D eigenvalue weighted by atomic mass is 16.4. The minimum absolute atomic E-state index is 0.0739. The molecule has 12 nitrogen and oxygen atoms in total. The second-order valence-electron chi connectivity index (χ2n) is 5.55. The first-order valence-electron chi connectivity index (χ1n) is 7.81. The first kappa shape index (κ1) is 23.3. The average Bonchev–Trinajstić information content (AvgIpc) is 2.51. The Balaban J connectivity index is 5.00. The van der Waals surface area contributed by atoms with Gasteiger partial charge in [0.25, 0.3) is 0 Å². The maximum atomic E-state index is 12.2. The van der Waals surface area contributed by atoms with Crippen LogP contribution in [0.25, 0.3) is 0 Å². The van der Waals surface area contributed by atoms with Gasteiger partial charge in [0.2, 0.25) is 11.8 Å². The zero-order valence-corrected chi connectivity index (χ0v) is 14.0. The molecule has 0 aliphatic heterocycles. The zero-order valence-electron chi connectivity index (χ0n) is 14.0. The van der Waals surface area contributed by atoms with Crippen LogP contribution in [0.15, 0.2) is 0 Å². The zero-order chi connectivity index (χ0) is 20.3. The van der Waals surface area contributed by atoms with E-state index in [1.54, 1.807) is 0 Å². The summed E-state index contributed by atoms with van der Waals surface area (Å²) in [6.45, 7) is 0.347. The first-order chi connectivity index (χ1) is 12.1. The van der Waals surface area contributed by atoms with E-state index in [1.807, 2.05) is 5.32 Å². The summed E-state index contributed by atoms with van der Waals surface area (Å²) < 4.78 is 0. The van der Waals surface area contributed by atoms with E-state index in [2.05, 4.69) is 5.32 Å². The lowest BCUT2D eigenvalue weighted by molar-refractivity contribution is -0.144. The number of carboxylic acid groups (broad SMARTS) is 3. The Morgan fingerprint density at radius 2 is 1.35 bits per heavy atom. The van der Waals surface area contributed by atoms with Crippen molar-refractivity contribution in [2.24, 2.45) is 11.5 Å². The molecular formula is C14H24N4O8. The number of carbonyl (C=O) groups excluding carboxylic acids is 2. The van der Waals surface area contributed by atoms with Crippen LogP contribution in [0, 0.1) is 0 Å². The van der Waals surface area contributed by atoms with Crippen LogP contribution in [-0.2, 0) is 24.0 Å².